The van der Waals surface area contributed by atoms with Crippen LogP contribution in [0.2, 0.25) is 10.0 Å². The van der Waals surface area contributed by atoms with Gasteiger partial charge in [-0.2, -0.15) is 10.4 Å². The standard InChI is InChI=1S/C18H12Cl2N4O/c1-10-16-14(20)6-13(19)7-15(16)23-17(10)18(25)24-22-9-12-4-2-11(8-21)3-5-12/h2-7,9,23H,1H3,(H,24,25). The van der Waals surface area contributed by atoms with E-state index in [1.807, 2.05) is 6.07 Å². The summed E-state index contributed by atoms with van der Waals surface area (Å²) < 4.78 is 0. The summed E-state index contributed by atoms with van der Waals surface area (Å²) in [6, 6.07) is 12.2. The third-order valence-electron chi connectivity index (χ3n) is 3.71. The van der Waals surface area contributed by atoms with E-state index in [0.29, 0.717) is 26.8 Å². The first-order chi connectivity index (χ1) is 12.0. The van der Waals surface area contributed by atoms with Gasteiger partial charge in [-0.1, -0.05) is 35.3 Å². The molecule has 2 N–H and O–H groups in total. The molecule has 0 aliphatic rings. The predicted octanol–water partition coefficient (Wildman–Crippen LogP) is 4.42. The Balaban J connectivity index is 1.80. The van der Waals surface area contributed by atoms with E-state index >= 15 is 0 Å². The van der Waals surface area contributed by atoms with Crippen LogP contribution in [0.15, 0.2) is 41.5 Å². The third-order valence-corrected chi connectivity index (χ3v) is 4.23. The summed E-state index contributed by atoms with van der Waals surface area (Å²) in [6.45, 7) is 1.80. The fourth-order valence-electron chi connectivity index (χ4n) is 2.50. The van der Waals surface area contributed by atoms with Crippen LogP contribution in [0.3, 0.4) is 0 Å². The van der Waals surface area contributed by atoms with E-state index in [1.54, 1.807) is 43.3 Å². The first-order valence-electron chi connectivity index (χ1n) is 7.30. The van der Waals surface area contributed by atoms with Gasteiger partial charge in [0.1, 0.15) is 5.69 Å². The van der Waals surface area contributed by atoms with Crippen LogP contribution in [0.5, 0.6) is 0 Å². The molecule has 0 atom stereocenters. The summed E-state index contributed by atoms with van der Waals surface area (Å²) in [4.78, 5) is 15.4. The summed E-state index contributed by atoms with van der Waals surface area (Å²) in [6.07, 6.45) is 1.50. The van der Waals surface area contributed by atoms with Crippen LogP contribution in [0.25, 0.3) is 10.9 Å². The van der Waals surface area contributed by atoms with E-state index in [0.717, 1.165) is 16.5 Å². The monoisotopic (exact) mass is 370 g/mol. The molecule has 0 saturated heterocycles. The van der Waals surface area contributed by atoms with Gasteiger partial charge in [-0.3, -0.25) is 4.79 Å². The molecular weight excluding hydrogens is 359 g/mol. The Morgan fingerprint density at radius 2 is 2.00 bits per heavy atom. The van der Waals surface area contributed by atoms with Crippen molar-refractivity contribution in [3.63, 3.8) is 0 Å². The molecule has 2 aromatic carbocycles. The molecule has 7 heteroatoms. The molecule has 3 rings (SSSR count). The normalized spacial score (nSPS) is 11.0. The lowest BCUT2D eigenvalue weighted by Crippen LogP contribution is -2.18. The molecule has 124 valence electrons. The summed E-state index contributed by atoms with van der Waals surface area (Å²) >= 11 is 12.2. The molecule has 0 aliphatic carbocycles. The lowest BCUT2D eigenvalue weighted by atomic mass is 10.1. The van der Waals surface area contributed by atoms with Crippen LogP contribution >= 0.6 is 23.2 Å². The SMILES string of the molecule is Cc1c(C(=O)NN=Cc2ccc(C#N)cc2)[nH]c2cc(Cl)cc(Cl)c12. The highest BCUT2D eigenvalue weighted by atomic mass is 35.5. The minimum atomic E-state index is -0.384. The second-order valence-corrected chi connectivity index (χ2v) is 6.21. The van der Waals surface area contributed by atoms with Crippen molar-refractivity contribution in [2.45, 2.75) is 6.92 Å². The van der Waals surface area contributed by atoms with Gasteiger partial charge < -0.3 is 4.98 Å². The van der Waals surface area contributed by atoms with Gasteiger partial charge in [-0.25, -0.2) is 5.43 Å². The molecule has 0 spiro atoms. The molecule has 0 unspecified atom stereocenters. The molecule has 0 saturated carbocycles. The first-order valence-corrected chi connectivity index (χ1v) is 8.06. The largest absolute Gasteiger partial charge is 0.350 e. The molecule has 1 amide bonds. The topological polar surface area (TPSA) is 81.0 Å². The number of fused-ring (bicyclic) bond motifs is 1. The molecule has 5 nitrogen and oxygen atoms in total. The Morgan fingerprint density at radius 3 is 2.68 bits per heavy atom. The molecule has 1 heterocycles. The maximum Gasteiger partial charge on any atom is 0.288 e. The van der Waals surface area contributed by atoms with Crippen LogP contribution in [-0.2, 0) is 0 Å². The van der Waals surface area contributed by atoms with Gasteiger partial charge >= 0.3 is 0 Å². The van der Waals surface area contributed by atoms with Gasteiger partial charge in [-0.05, 0) is 42.3 Å². The number of hydrazone groups is 1. The number of carbonyl (C=O) groups is 1. The number of nitrogens with one attached hydrogen (secondary N) is 2. The van der Waals surface area contributed by atoms with Crippen LogP contribution in [0.4, 0.5) is 0 Å². The highest BCUT2D eigenvalue weighted by Gasteiger charge is 2.16. The second kappa shape index (κ2) is 6.98. The number of carbonyl (C=O) groups excluding carboxylic acids is 1. The number of H-pyrrole nitrogens is 1. The van der Waals surface area contributed by atoms with Crippen molar-refractivity contribution in [2.24, 2.45) is 5.10 Å². The molecular formula is C18H12Cl2N4O. The van der Waals surface area contributed by atoms with Gasteiger partial charge in [0.15, 0.2) is 0 Å². The maximum atomic E-state index is 12.3. The van der Waals surface area contributed by atoms with E-state index in [1.165, 1.54) is 6.21 Å². The fourth-order valence-corrected chi connectivity index (χ4v) is 3.13. The van der Waals surface area contributed by atoms with E-state index in [9.17, 15) is 4.79 Å². The Labute approximate surface area is 153 Å². The first kappa shape index (κ1) is 17.0. The Kier molecular flexibility index (Phi) is 4.75. The minimum Gasteiger partial charge on any atom is -0.350 e. The summed E-state index contributed by atoms with van der Waals surface area (Å²) in [7, 11) is 0. The zero-order chi connectivity index (χ0) is 18.0. The number of hydrogen-bond acceptors (Lipinski definition) is 3. The van der Waals surface area contributed by atoms with Gasteiger partial charge in [0.05, 0.1) is 22.9 Å². The number of aromatic amines is 1. The lowest BCUT2D eigenvalue weighted by Gasteiger charge is -1.99. The molecule has 25 heavy (non-hydrogen) atoms. The number of aryl methyl sites for hydroxylation is 1. The highest BCUT2D eigenvalue weighted by Crippen LogP contribution is 2.31. The summed E-state index contributed by atoms with van der Waals surface area (Å²) in [5, 5.41) is 14.4. The number of amides is 1. The van der Waals surface area contributed by atoms with Crippen LogP contribution in [0.1, 0.15) is 27.2 Å². The van der Waals surface area contributed by atoms with Gasteiger partial charge in [0, 0.05) is 15.9 Å². The smallest absolute Gasteiger partial charge is 0.288 e. The fraction of sp³-hybridized carbons (Fsp3) is 0.0556. The van der Waals surface area contributed by atoms with Gasteiger partial charge in [-0.15, -0.1) is 0 Å². The second-order valence-electron chi connectivity index (χ2n) is 5.37. The van der Waals surface area contributed by atoms with Crippen molar-refractivity contribution in [1.29, 1.82) is 5.26 Å². The number of hydrogen-bond donors (Lipinski definition) is 2. The number of nitrogens with zero attached hydrogens (tertiary/aromatic N) is 2. The van der Waals surface area contributed by atoms with E-state index in [4.69, 9.17) is 28.5 Å². The van der Waals surface area contributed by atoms with Crippen molar-refractivity contribution in [1.82, 2.24) is 10.4 Å². The number of nitriles is 1. The molecule has 0 radical (unpaired) electrons. The molecule has 0 aliphatic heterocycles. The number of aromatic nitrogens is 1. The van der Waals surface area contributed by atoms with Crippen molar-refractivity contribution in [3.8, 4) is 6.07 Å². The third kappa shape index (κ3) is 3.50. The molecule has 3 aromatic rings. The zero-order valence-electron chi connectivity index (χ0n) is 13.1. The van der Waals surface area contributed by atoms with Crippen molar-refractivity contribution >= 4 is 46.2 Å². The lowest BCUT2D eigenvalue weighted by molar-refractivity contribution is 0.0950. The average Bonchev–Trinajstić information content (AvgIpc) is 2.92. The minimum absolute atomic E-state index is 0.371. The van der Waals surface area contributed by atoms with E-state index < -0.39 is 0 Å². The number of halogens is 2. The Hall–Kier alpha value is -2.81. The predicted molar refractivity (Wildman–Crippen MR) is 99.3 cm³/mol. The number of benzene rings is 2. The van der Waals surface area contributed by atoms with Gasteiger partial charge in [0.2, 0.25) is 0 Å². The van der Waals surface area contributed by atoms with Crippen molar-refractivity contribution in [2.75, 3.05) is 0 Å². The number of rotatable bonds is 3. The Bertz CT molecular complexity index is 1030. The van der Waals surface area contributed by atoms with Crippen molar-refractivity contribution in [3.05, 3.63) is 68.8 Å². The summed E-state index contributed by atoms with van der Waals surface area (Å²) in [5.74, 6) is -0.384. The van der Waals surface area contributed by atoms with E-state index in [-0.39, 0.29) is 5.91 Å². The molecule has 0 fully saturated rings. The maximum absolute atomic E-state index is 12.3. The molecule has 0 bridgehead atoms. The van der Waals surface area contributed by atoms with Gasteiger partial charge in [0.25, 0.3) is 5.91 Å². The average molecular weight is 371 g/mol. The van der Waals surface area contributed by atoms with Crippen LogP contribution < -0.4 is 5.43 Å². The zero-order valence-corrected chi connectivity index (χ0v) is 14.6. The van der Waals surface area contributed by atoms with Crippen LogP contribution in [-0.4, -0.2) is 17.1 Å². The molecule has 1 aromatic heterocycles. The quantitative estimate of drug-likeness (QED) is 0.528. The van der Waals surface area contributed by atoms with Crippen molar-refractivity contribution < 1.29 is 4.79 Å². The van der Waals surface area contributed by atoms with E-state index in [2.05, 4.69) is 15.5 Å². The Morgan fingerprint density at radius 1 is 1.28 bits per heavy atom. The highest BCUT2D eigenvalue weighted by molar-refractivity contribution is 6.39. The summed E-state index contributed by atoms with van der Waals surface area (Å²) in [5.41, 5.74) is 5.58. The van der Waals surface area contributed by atoms with Crippen LogP contribution in [0, 0.1) is 18.3 Å².